The van der Waals surface area contributed by atoms with Gasteiger partial charge in [-0.3, -0.25) is 0 Å². The summed E-state index contributed by atoms with van der Waals surface area (Å²) >= 11 is 1.54. The van der Waals surface area contributed by atoms with Crippen LogP contribution in [0.3, 0.4) is 0 Å². The predicted molar refractivity (Wildman–Crippen MR) is 65.5 cm³/mol. The van der Waals surface area contributed by atoms with Crippen LogP contribution in [-0.4, -0.2) is 11.1 Å². The van der Waals surface area contributed by atoms with Gasteiger partial charge in [0.1, 0.15) is 0 Å². The first-order valence-electron chi connectivity index (χ1n) is 4.81. The van der Waals surface area contributed by atoms with Gasteiger partial charge in [-0.1, -0.05) is 36.4 Å². The van der Waals surface area contributed by atoms with Crippen molar-refractivity contribution in [3.8, 4) is 0 Å². The molecule has 0 amide bonds. The van der Waals surface area contributed by atoms with Gasteiger partial charge in [-0.25, -0.2) is 4.79 Å². The number of hydrogen-bond acceptors (Lipinski definition) is 2. The fourth-order valence-electron chi connectivity index (χ4n) is 1.47. The van der Waals surface area contributed by atoms with Gasteiger partial charge in [0.25, 0.3) is 0 Å². The Morgan fingerprint density at radius 1 is 1.12 bits per heavy atom. The van der Waals surface area contributed by atoms with Crippen molar-refractivity contribution in [2.75, 3.05) is 0 Å². The van der Waals surface area contributed by atoms with Crippen LogP contribution in [0.25, 0.3) is 5.57 Å². The average molecular weight is 230 g/mol. The fraction of sp³-hybridized carbons (Fsp3) is 0. The molecular formula is C13H10O2S. The molecule has 0 saturated heterocycles. The van der Waals surface area contributed by atoms with E-state index in [1.165, 1.54) is 17.4 Å². The average Bonchev–Trinajstić information content (AvgIpc) is 2.80. The smallest absolute Gasteiger partial charge is 0.328 e. The molecule has 1 N–H and O–H groups in total. The fourth-order valence-corrected chi connectivity index (χ4v) is 2.23. The molecule has 1 aromatic heterocycles. The number of carboxylic acid groups (broad SMARTS) is 1. The third kappa shape index (κ3) is 2.38. The molecule has 0 aliphatic rings. The molecule has 0 aliphatic carbocycles. The molecule has 1 heterocycles. The topological polar surface area (TPSA) is 37.3 Å². The van der Waals surface area contributed by atoms with Crippen molar-refractivity contribution >= 4 is 22.9 Å². The summed E-state index contributed by atoms with van der Waals surface area (Å²) in [5.41, 5.74) is 1.68. The Morgan fingerprint density at radius 3 is 2.44 bits per heavy atom. The Labute approximate surface area is 97.5 Å². The van der Waals surface area contributed by atoms with Crippen LogP contribution in [0.1, 0.15) is 10.4 Å². The number of hydrogen-bond donors (Lipinski definition) is 1. The lowest BCUT2D eigenvalue weighted by molar-refractivity contribution is -0.131. The quantitative estimate of drug-likeness (QED) is 0.822. The highest BCUT2D eigenvalue weighted by Crippen LogP contribution is 2.26. The highest BCUT2D eigenvalue weighted by Gasteiger charge is 2.07. The molecule has 1 aromatic carbocycles. The van der Waals surface area contributed by atoms with Gasteiger partial charge in [0.2, 0.25) is 0 Å². The van der Waals surface area contributed by atoms with Crippen molar-refractivity contribution in [3.05, 3.63) is 64.4 Å². The zero-order valence-electron chi connectivity index (χ0n) is 8.46. The zero-order valence-corrected chi connectivity index (χ0v) is 9.28. The summed E-state index contributed by atoms with van der Waals surface area (Å²) in [6.07, 6.45) is 1.25. The largest absolute Gasteiger partial charge is 0.478 e. The van der Waals surface area contributed by atoms with Gasteiger partial charge >= 0.3 is 5.97 Å². The molecule has 0 spiro atoms. The Morgan fingerprint density at radius 2 is 1.88 bits per heavy atom. The minimum atomic E-state index is -0.924. The SMILES string of the molecule is O=C(O)/C=C(\c1ccccc1)c1cccs1. The van der Waals surface area contributed by atoms with Gasteiger partial charge in [0.15, 0.2) is 0 Å². The number of carbonyl (C=O) groups is 1. The maximum Gasteiger partial charge on any atom is 0.328 e. The third-order valence-electron chi connectivity index (χ3n) is 2.14. The minimum Gasteiger partial charge on any atom is -0.478 e. The van der Waals surface area contributed by atoms with E-state index < -0.39 is 5.97 Å². The summed E-state index contributed by atoms with van der Waals surface area (Å²) in [6, 6.07) is 13.4. The molecule has 0 radical (unpaired) electrons. The standard InChI is InChI=1S/C13H10O2S/c14-13(15)9-11(12-7-4-8-16-12)10-5-2-1-3-6-10/h1-9H,(H,14,15)/b11-9+. The molecule has 0 atom stereocenters. The molecule has 80 valence electrons. The van der Waals surface area contributed by atoms with Crippen LogP contribution in [0.15, 0.2) is 53.9 Å². The van der Waals surface area contributed by atoms with Crippen molar-refractivity contribution in [3.63, 3.8) is 0 Å². The summed E-state index contributed by atoms with van der Waals surface area (Å²) in [5, 5.41) is 10.8. The zero-order chi connectivity index (χ0) is 11.4. The first-order valence-corrected chi connectivity index (χ1v) is 5.69. The van der Waals surface area contributed by atoms with E-state index in [-0.39, 0.29) is 0 Å². The van der Waals surface area contributed by atoms with E-state index in [0.717, 1.165) is 16.0 Å². The summed E-state index contributed by atoms with van der Waals surface area (Å²) in [5.74, 6) is -0.924. The molecule has 16 heavy (non-hydrogen) atoms. The van der Waals surface area contributed by atoms with Crippen molar-refractivity contribution < 1.29 is 9.90 Å². The van der Waals surface area contributed by atoms with Gasteiger partial charge < -0.3 is 5.11 Å². The normalized spacial score (nSPS) is 11.4. The second-order valence-corrected chi connectivity index (χ2v) is 4.19. The van der Waals surface area contributed by atoms with Crippen LogP contribution >= 0.6 is 11.3 Å². The highest BCUT2D eigenvalue weighted by molar-refractivity contribution is 7.11. The van der Waals surface area contributed by atoms with Crippen molar-refractivity contribution in [2.45, 2.75) is 0 Å². The van der Waals surface area contributed by atoms with Crippen LogP contribution in [0.4, 0.5) is 0 Å². The van der Waals surface area contributed by atoms with Gasteiger partial charge in [-0.15, -0.1) is 11.3 Å². The van der Waals surface area contributed by atoms with E-state index in [0.29, 0.717) is 0 Å². The molecule has 0 unspecified atom stereocenters. The Bertz CT molecular complexity index is 498. The molecule has 3 heteroatoms. The number of thiophene rings is 1. The number of rotatable bonds is 3. The Kier molecular flexibility index (Phi) is 3.17. The van der Waals surface area contributed by atoms with Gasteiger partial charge in [0, 0.05) is 16.5 Å². The first-order chi connectivity index (χ1) is 7.77. The molecule has 0 bridgehead atoms. The van der Waals surface area contributed by atoms with E-state index in [2.05, 4.69) is 0 Å². The van der Waals surface area contributed by atoms with Crippen LogP contribution in [-0.2, 0) is 4.79 Å². The second-order valence-electron chi connectivity index (χ2n) is 3.24. The van der Waals surface area contributed by atoms with Crippen molar-refractivity contribution in [2.24, 2.45) is 0 Å². The third-order valence-corrected chi connectivity index (χ3v) is 3.04. The van der Waals surface area contributed by atoms with Crippen LogP contribution < -0.4 is 0 Å². The lowest BCUT2D eigenvalue weighted by atomic mass is 10.0. The van der Waals surface area contributed by atoms with E-state index in [4.69, 9.17) is 5.11 Å². The molecule has 0 saturated carbocycles. The first kappa shape index (κ1) is 10.6. The number of aliphatic carboxylic acids is 1. The second kappa shape index (κ2) is 4.77. The number of benzene rings is 1. The maximum atomic E-state index is 10.8. The molecule has 2 rings (SSSR count). The maximum absolute atomic E-state index is 10.8. The monoisotopic (exact) mass is 230 g/mol. The Hall–Kier alpha value is -1.87. The lowest BCUT2D eigenvalue weighted by Gasteiger charge is -2.03. The summed E-state index contributed by atoms with van der Waals surface area (Å²) < 4.78 is 0. The van der Waals surface area contributed by atoms with E-state index in [1.54, 1.807) is 0 Å². The summed E-state index contributed by atoms with van der Waals surface area (Å²) in [6.45, 7) is 0. The van der Waals surface area contributed by atoms with Crippen LogP contribution in [0.2, 0.25) is 0 Å². The van der Waals surface area contributed by atoms with Gasteiger partial charge in [-0.2, -0.15) is 0 Å². The Balaban J connectivity index is 2.49. The van der Waals surface area contributed by atoms with Gasteiger partial charge in [-0.05, 0) is 17.0 Å². The van der Waals surface area contributed by atoms with Crippen LogP contribution in [0, 0.1) is 0 Å². The highest BCUT2D eigenvalue weighted by atomic mass is 32.1. The van der Waals surface area contributed by atoms with Crippen molar-refractivity contribution in [1.29, 1.82) is 0 Å². The molecule has 2 nitrogen and oxygen atoms in total. The van der Waals surface area contributed by atoms with E-state index >= 15 is 0 Å². The van der Waals surface area contributed by atoms with E-state index in [1.807, 2.05) is 47.8 Å². The molecular weight excluding hydrogens is 220 g/mol. The van der Waals surface area contributed by atoms with Crippen molar-refractivity contribution in [1.82, 2.24) is 0 Å². The molecule has 0 fully saturated rings. The molecule has 0 aliphatic heterocycles. The van der Waals surface area contributed by atoms with E-state index in [9.17, 15) is 4.79 Å². The minimum absolute atomic E-state index is 0.753. The van der Waals surface area contributed by atoms with Gasteiger partial charge in [0.05, 0.1) is 0 Å². The summed E-state index contributed by atoms with van der Waals surface area (Å²) in [7, 11) is 0. The summed E-state index contributed by atoms with van der Waals surface area (Å²) in [4.78, 5) is 11.8. The number of carboxylic acids is 1. The van der Waals surface area contributed by atoms with Crippen LogP contribution in [0.5, 0.6) is 0 Å². The molecule has 2 aromatic rings. The lowest BCUT2D eigenvalue weighted by Crippen LogP contribution is -1.92. The predicted octanol–water partition coefficient (Wildman–Crippen LogP) is 3.26.